The SMILES string of the molecule is CCC1=[N+](C)CCN1C(F)(F)C(F)(F)C(F)(F)C(F)(F)F. The Balaban J connectivity index is 3.30. The van der Waals surface area contributed by atoms with E-state index >= 15 is 0 Å². The van der Waals surface area contributed by atoms with Crippen LogP contribution in [0.25, 0.3) is 0 Å². The predicted octanol–water partition coefficient (Wildman–Crippen LogP) is 3.18. The van der Waals surface area contributed by atoms with Gasteiger partial charge in [-0.25, -0.2) is 0 Å². The molecule has 21 heavy (non-hydrogen) atoms. The maximum atomic E-state index is 13.7. The van der Waals surface area contributed by atoms with E-state index in [4.69, 9.17) is 0 Å². The minimum Gasteiger partial charge on any atom is -0.264 e. The van der Waals surface area contributed by atoms with E-state index in [9.17, 15) is 39.5 Å². The summed E-state index contributed by atoms with van der Waals surface area (Å²) in [5.74, 6) is -13.9. The number of hydrogen-bond donors (Lipinski definition) is 0. The Morgan fingerprint density at radius 1 is 0.952 bits per heavy atom. The van der Waals surface area contributed by atoms with Crippen LogP contribution in [0.4, 0.5) is 39.5 Å². The minimum atomic E-state index is -6.86. The van der Waals surface area contributed by atoms with Crippen molar-refractivity contribution in [3.05, 3.63) is 0 Å². The van der Waals surface area contributed by atoms with Crippen LogP contribution < -0.4 is 0 Å². The van der Waals surface area contributed by atoms with Gasteiger partial charge in [0.2, 0.25) is 0 Å². The molecule has 1 aliphatic heterocycles. The molecule has 1 rings (SSSR count). The molecule has 0 aromatic carbocycles. The van der Waals surface area contributed by atoms with Crippen molar-refractivity contribution >= 4 is 5.84 Å². The maximum absolute atomic E-state index is 13.7. The van der Waals surface area contributed by atoms with Crippen LogP contribution in [0.3, 0.4) is 0 Å². The second-order valence-electron chi connectivity index (χ2n) is 4.53. The lowest BCUT2D eigenvalue weighted by molar-refractivity contribution is -0.488. The Bertz CT molecular complexity index is 438. The van der Waals surface area contributed by atoms with E-state index in [-0.39, 0.29) is 13.0 Å². The van der Waals surface area contributed by atoms with Crippen molar-refractivity contribution in [1.82, 2.24) is 4.90 Å². The molecule has 0 atom stereocenters. The number of alkyl halides is 9. The number of likely N-dealkylation sites (N-methyl/N-ethyl adjacent to an activating group) is 1. The van der Waals surface area contributed by atoms with Crippen molar-refractivity contribution in [3.8, 4) is 0 Å². The average Bonchev–Trinajstić information content (AvgIpc) is 2.68. The van der Waals surface area contributed by atoms with Gasteiger partial charge in [0.25, 0.3) is 5.84 Å². The fraction of sp³-hybridized carbons (Fsp3) is 0.900. The molecule has 0 N–H and O–H groups in total. The Morgan fingerprint density at radius 2 is 1.43 bits per heavy atom. The molecule has 0 saturated carbocycles. The highest BCUT2D eigenvalue weighted by Crippen LogP contribution is 2.54. The van der Waals surface area contributed by atoms with Crippen molar-refractivity contribution in [3.63, 3.8) is 0 Å². The third-order valence-electron chi connectivity index (χ3n) is 3.19. The zero-order valence-corrected chi connectivity index (χ0v) is 10.9. The summed E-state index contributed by atoms with van der Waals surface area (Å²) in [5.41, 5.74) is 0. The van der Waals surface area contributed by atoms with Crippen molar-refractivity contribution in [1.29, 1.82) is 0 Å². The zero-order chi connectivity index (χ0) is 16.9. The topological polar surface area (TPSA) is 6.25 Å². The molecule has 11 heteroatoms. The first-order valence-electron chi connectivity index (χ1n) is 5.76. The highest BCUT2D eigenvalue weighted by molar-refractivity contribution is 5.78. The fourth-order valence-electron chi connectivity index (χ4n) is 2.01. The first kappa shape index (κ1) is 17.9. The monoisotopic (exact) mass is 331 g/mol. The number of halogens is 9. The predicted molar refractivity (Wildman–Crippen MR) is 54.0 cm³/mol. The first-order chi connectivity index (χ1) is 9.21. The summed E-state index contributed by atoms with van der Waals surface area (Å²) in [5, 5.41) is 0. The van der Waals surface area contributed by atoms with E-state index < -0.39 is 41.3 Å². The van der Waals surface area contributed by atoms with Crippen LogP contribution in [0, 0.1) is 0 Å². The number of hydrogen-bond acceptors (Lipinski definition) is 1. The molecule has 0 fully saturated rings. The minimum absolute atomic E-state index is 0.188. The number of rotatable bonds is 4. The van der Waals surface area contributed by atoms with Crippen LogP contribution in [-0.2, 0) is 0 Å². The molecule has 1 heterocycles. The van der Waals surface area contributed by atoms with Crippen molar-refractivity contribution < 1.29 is 44.1 Å². The Labute approximate surface area is 113 Å². The molecule has 0 amide bonds. The van der Waals surface area contributed by atoms with Gasteiger partial charge in [-0.3, -0.25) is 4.58 Å². The molecule has 0 aliphatic carbocycles. The summed E-state index contributed by atoms with van der Waals surface area (Å²) in [7, 11) is 1.24. The van der Waals surface area contributed by atoms with Gasteiger partial charge in [0.1, 0.15) is 13.1 Å². The van der Waals surface area contributed by atoms with Crippen LogP contribution in [0.1, 0.15) is 13.3 Å². The molecule has 0 bridgehead atoms. The molecule has 0 radical (unpaired) electrons. The molecule has 0 saturated heterocycles. The van der Waals surface area contributed by atoms with Gasteiger partial charge in [0.15, 0.2) is 0 Å². The van der Waals surface area contributed by atoms with Crippen LogP contribution in [0.5, 0.6) is 0 Å². The summed E-state index contributed by atoms with van der Waals surface area (Å²) in [4.78, 5) is -0.396. The summed E-state index contributed by atoms with van der Waals surface area (Å²) in [6.45, 7) is 0.322. The summed E-state index contributed by atoms with van der Waals surface area (Å²) >= 11 is 0. The van der Waals surface area contributed by atoms with Gasteiger partial charge in [-0.1, -0.05) is 6.92 Å². The molecule has 0 aromatic rings. The Morgan fingerprint density at radius 3 is 1.81 bits per heavy atom. The van der Waals surface area contributed by atoms with E-state index in [1.54, 1.807) is 0 Å². The van der Waals surface area contributed by atoms with Crippen LogP contribution in [0.15, 0.2) is 0 Å². The maximum Gasteiger partial charge on any atom is 0.465 e. The van der Waals surface area contributed by atoms with Gasteiger partial charge in [-0.2, -0.15) is 44.4 Å². The van der Waals surface area contributed by atoms with Crippen molar-refractivity contribution in [2.45, 2.75) is 37.4 Å². The largest absolute Gasteiger partial charge is 0.465 e. The Kier molecular flexibility index (Phi) is 4.21. The molecule has 0 spiro atoms. The van der Waals surface area contributed by atoms with E-state index in [0.29, 0.717) is 0 Å². The lowest BCUT2D eigenvalue weighted by atomic mass is 10.1. The zero-order valence-electron chi connectivity index (χ0n) is 10.9. The standard InChI is InChI=1S/C10H12F9N2/c1-3-6-20(2)4-5-21(6)10(18,19)8(13,14)7(11,12)9(15,16)17/h3-5H2,1-2H3/q+1. The first-order valence-corrected chi connectivity index (χ1v) is 5.76. The van der Waals surface area contributed by atoms with Crippen molar-refractivity contribution in [2.75, 3.05) is 20.1 Å². The van der Waals surface area contributed by atoms with Gasteiger partial charge in [-0.05, 0) is 0 Å². The van der Waals surface area contributed by atoms with Crippen molar-refractivity contribution in [2.24, 2.45) is 0 Å². The lowest BCUT2D eigenvalue weighted by Gasteiger charge is -2.34. The van der Waals surface area contributed by atoms with Gasteiger partial charge in [0, 0.05) is 6.42 Å². The molecule has 1 aliphatic rings. The van der Waals surface area contributed by atoms with Gasteiger partial charge < -0.3 is 0 Å². The Hall–Kier alpha value is -1.16. The van der Waals surface area contributed by atoms with Crippen LogP contribution in [-0.4, -0.2) is 59.5 Å². The normalized spacial score (nSPS) is 18.7. The number of nitrogens with zero attached hydrogens (tertiary/aromatic N) is 2. The van der Waals surface area contributed by atoms with Crippen LogP contribution in [0.2, 0.25) is 0 Å². The average molecular weight is 331 g/mol. The third kappa shape index (κ3) is 2.44. The van der Waals surface area contributed by atoms with E-state index in [1.807, 2.05) is 0 Å². The highest BCUT2D eigenvalue weighted by Gasteiger charge is 2.86. The van der Waals surface area contributed by atoms with E-state index in [0.717, 1.165) is 4.58 Å². The summed E-state index contributed by atoms with van der Waals surface area (Å²) in [6.07, 6.45) is -7.02. The quantitative estimate of drug-likeness (QED) is 0.436. The van der Waals surface area contributed by atoms with Gasteiger partial charge in [0.05, 0.1) is 7.05 Å². The molecule has 0 aromatic heterocycles. The van der Waals surface area contributed by atoms with Crippen LogP contribution >= 0.6 is 0 Å². The molecule has 2 nitrogen and oxygen atoms in total. The second kappa shape index (κ2) is 4.94. The number of amidine groups is 1. The molecule has 124 valence electrons. The highest BCUT2D eigenvalue weighted by atomic mass is 19.4. The van der Waals surface area contributed by atoms with Gasteiger partial charge >= 0.3 is 24.1 Å². The molecular formula is C10H12F9N2+. The smallest absolute Gasteiger partial charge is 0.264 e. The third-order valence-corrected chi connectivity index (χ3v) is 3.19. The molecule has 0 unspecified atom stereocenters. The van der Waals surface area contributed by atoms with E-state index in [2.05, 4.69) is 0 Å². The van der Waals surface area contributed by atoms with Gasteiger partial charge in [-0.15, -0.1) is 0 Å². The molecular weight excluding hydrogens is 319 g/mol. The summed E-state index contributed by atoms with van der Waals surface area (Å²) < 4.78 is 117. The summed E-state index contributed by atoms with van der Waals surface area (Å²) in [6, 6.07) is -5.68. The fourth-order valence-corrected chi connectivity index (χ4v) is 2.01. The van der Waals surface area contributed by atoms with E-state index in [1.165, 1.54) is 14.0 Å². The lowest BCUT2D eigenvalue weighted by Crippen LogP contribution is -2.67. The second-order valence-corrected chi connectivity index (χ2v) is 4.53.